The summed E-state index contributed by atoms with van der Waals surface area (Å²) in [6, 6.07) is 5.72. The second-order valence-electron chi connectivity index (χ2n) is 5.85. The molecule has 0 saturated heterocycles. The quantitative estimate of drug-likeness (QED) is 0.633. The van der Waals surface area contributed by atoms with Crippen molar-refractivity contribution in [2.75, 3.05) is 0 Å². The zero-order valence-corrected chi connectivity index (χ0v) is 12.0. The number of phenols is 1. The summed E-state index contributed by atoms with van der Waals surface area (Å²) < 4.78 is 19.0. The first-order valence-electron chi connectivity index (χ1n) is 6.34. The molecule has 0 aliphatic heterocycles. The molecule has 2 aromatic rings. The topological polar surface area (TPSA) is 46.5 Å². The van der Waals surface area contributed by atoms with Gasteiger partial charge >= 0.3 is 5.97 Å². The van der Waals surface area contributed by atoms with Crippen LogP contribution >= 0.6 is 0 Å². The highest BCUT2D eigenvalue weighted by Crippen LogP contribution is 2.35. The molecule has 0 radical (unpaired) electrons. The lowest BCUT2D eigenvalue weighted by Gasteiger charge is -2.18. The van der Waals surface area contributed by atoms with Crippen LogP contribution in [0, 0.1) is 18.2 Å². The van der Waals surface area contributed by atoms with E-state index >= 15 is 0 Å². The van der Waals surface area contributed by atoms with Gasteiger partial charge in [0.15, 0.2) is 0 Å². The number of carbonyl (C=O) groups is 1. The number of hydrogen-bond acceptors (Lipinski definition) is 3. The number of hydrogen-bond donors (Lipinski definition) is 1. The van der Waals surface area contributed by atoms with Crippen molar-refractivity contribution < 1.29 is 19.0 Å². The summed E-state index contributed by atoms with van der Waals surface area (Å²) in [5.41, 5.74) is -0.293. The summed E-state index contributed by atoms with van der Waals surface area (Å²) in [5, 5.41) is 10.8. The van der Waals surface area contributed by atoms with Crippen molar-refractivity contribution in [2.24, 2.45) is 5.41 Å². The number of benzene rings is 2. The summed E-state index contributed by atoms with van der Waals surface area (Å²) in [7, 11) is 0. The number of halogens is 1. The lowest BCUT2D eigenvalue weighted by Crippen LogP contribution is -2.25. The second kappa shape index (κ2) is 4.78. The molecule has 2 aromatic carbocycles. The van der Waals surface area contributed by atoms with Crippen LogP contribution in [0.4, 0.5) is 4.39 Å². The third kappa shape index (κ3) is 2.59. The molecule has 0 saturated carbocycles. The highest BCUT2D eigenvalue weighted by Gasteiger charge is 2.25. The molecular formula is C16H17FO3. The van der Waals surface area contributed by atoms with Gasteiger partial charge in [0.2, 0.25) is 0 Å². The molecule has 0 aliphatic carbocycles. The standard InChI is InChI=1S/C16H17FO3/c1-9-12(17)6-5-10-7-11(18)8-13(14(9)10)20-15(19)16(2,3)4/h5-8,18H,1-4H3. The Morgan fingerprint density at radius 1 is 1.25 bits per heavy atom. The van der Waals surface area contributed by atoms with E-state index in [-0.39, 0.29) is 17.3 Å². The molecule has 3 nitrogen and oxygen atoms in total. The van der Waals surface area contributed by atoms with Gasteiger partial charge in [-0.05, 0) is 50.8 Å². The Balaban J connectivity index is 2.63. The molecule has 0 bridgehead atoms. The normalized spacial score (nSPS) is 11.7. The van der Waals surface area contributed by atoms with E-state index in [1.165, 1.54) is 18.2 Å². The van der Waals surface area contributed by atoms with Crippen molar-refractivity contribution in [2.45, 2.75) is 27.7 Å². The number of aromatic hydroxyl groups is 1. The van der Waals surface area contributed by atoms with Gasteiger partial charge in [0.1, 0.15) is 17.3 Å². The number of fused-ring (bicyclic) bond motifs is 1. The Morgan fingerprint density at radius 2 is 1.90 bits per heavy atom. The summed E-state index contributed by atoms with van der Waals surface area (Å²) in [6.07, 6.45) is 0. The first-order valence-corrected chi connectivity index (χ1v) is 6.34. The van der Waals surface area contributed by atoms with Crippen molar-refractivity contribution in [3.8, 4) is 11.5 Å². The SMILES string of the molecule is Cc1c(F)ccc2cc(O)cc(OC(=O)C(C)(C)C)c12. The third-order valence-corrected chi connectivity index (χ3v) is 3.07. The lowest BCUT2D eigenvalue weighted by atomic mass is 9.97. The van der Waals surface area contributed by atoms with Gasteiger partial charge in [0.05, 0.1) is 5.41 Å². The summed E-state index contributed by atoms with van der Waals surface area (Å²) in [4.78, 5) is 12.0. The lowest BCUT2D eigenvalue weighted by molar-refractivity contribution is -0.142. The first-order chi connectivity index (χ1) is 9.20. The van der Waals surface area contributed by atoms with Crippen LogP contribution in [-0.2, 0) is 4.79 Å². The summed E-state index contributed by atoms with van der Waals surface area (Å²) in [5.74, 6) is -0.665. The Hall–Kier alpha value is -2.10. The van der Waals surface area contributed by atoms with Crippen LogP contribution in [0.3, 0.4) is 0 Å². The monoisotopic (exact) mass is 276 g/mol. The number of carbonyl (C=O) groups excluding carboxylic acids is 1. The van der Waals surface area contributed by atoms with E-state index in [1.54, 1.807) is 33.8 Å². The molecule has 0 atom stereocenters. The fourth-order valence-corrected chi connectivity index (χ4v) is 1.90. The number of rotatable bonds is 1. The van der Waals surface area contributed by atoms with Gasteiger partial charge < -0.3 is 9.84 Å². The van der Waals surface area contributed by atoms with Crippen molar-refractivity contribution in [3.63, 3.8) is 0 Å². The second-order valence-corrected chi connectivity index (χ2v) is 5.85. The molecule has 1 N–H and O–H groups in total. The van der Waals surface area contributed by atoms with Crippen molar-refractivity contribution in [1.29, 1.82) is 0 Å². The van der Waals surface area contributed by atoms with Gasteiger partial charge in [-0.3, -0.25) is 4.79 Å². The highest BCUT2D eigenvalue weighted by atomic mass is 19.1. The van der Waals surface area contributed by atoms with Crippen LogP contribution in [0.15, 0.2) is 24.3 Å². The predicted molar refractivity (Wildman–Crippen MR) is 75.4 cm³/mol. The van der Waals surface area contributed by atoms with E-state index in [4.69, 9.17) is 4.74 Å². The Kier molecular flexibility index (Phi) is 3.42. The molecule has 106 valence electrons. The van der Waals surface area contributed by atoms with E-state index in [0.29, 0.717) is 16.3 Å². The number of phenolic OH excluding ortho intramolecular Hbond substituents is 1. The molecule has 4 heteroatoms. The largest absolute Gasteiger partial charge is 0.508 e. The smallest absolute Gasteiger partial charge is 0.316 e. The highest BCUT2D eigenvalue weighted by molar-refractivity contribution is 5.94. The summed E-state index contributed by atoms with van der Waals surface area (Å²) >= 11 is 0. The molecule has 0 heterocycles. The maximum absolute atomic E-state index is 13.7. The van der Waals surface area contributed by atoms with Gasteiger partial charge in [-0.2, -0.15) is 0 Å². The van der Waals surface area contributed by atoms with E-state index in [9.17, 15) is 14.3 Å². The molecule has 2 rings (SSSR count). The van der Waals surface area contributed by atoms with Gasteiger partial charge in [-0.25, -0.2) is 4.39 Å². The molecule has 0 aliphatic rings. The molecule has 0 fully saturated rings. The fourth-order valence-electron chi connectivity index (χ4n) is 1.90. The first kappa shape index (κ1) is 14.3. The van der Waals surface area contributed by atoms with Crippen LogP contribution in [0.2, 0.25) is 0 Å². The number of aryl methyl sites for hydroxylation is 1. The third-order valence-electron chi connectivity index (χ3n) is 3.07. The fraction of sp³-hybridized carbons (Fsp3) is 0.312. The number of esters is 1. The maximum atomic E-state index is 13.7. The van der Waals surface area contributed by atoms with Crippen LogP contribution < -0.4 is 4.74 Å². The van der Waals surface area contributed by atoms with Gasteiger partial charge in [-0.15, -0.1) is 0 Å². The van der Waals surface area contributed by atoms with Gasteiger partial charge in [-0.1, -0.05) is 6.07 Å². The zero-order chi connectivity index (χ0) is 15.1. The minimum absolute atomic E-state index is 0.0276. The van der Waals surface area contributed by atoms with Crippen molar-refractivity contribution in [1.82, 2.24) is 0 Å². The number of ether oxygens (including phenoxy) is 1. The minimum Gasteiger partial charge on any atom is -0.508 e. The molecule has 20 heavy (non-hydrogen) atoms. The van der Waals surface area contributed by atoms with Crippen LogP contribution in [-0.4, -0.2) is 11.1 Å². The van der Waals surface area contributed by atoms with E-state index in [0.717, 1.165) is 0 Å². The average molecular weight is 276 g/mol. The minimum atomic E-state index is -0.682. The maximum Gasteiger partial charge on any atom is 0.316 e. The Labute approximate surface area is 117 Å². The van der Waals surface area contributed by atoms with Crippen LogP contribution in [0.1, 0.15) is 26.3 Å². The molecule has 0 spiro atoms. The van der Waals surface area contributed by atoms with Crippen LogP contribution in [0.25, 0.3) is 10.8 Å². The Morgan fingerprint density at radius 3 is 2.50 bits per heavy atom. The zero-order valence-electron chi connectivity index (χ0n) is 12.0. The van der Waals surface area contributed by atoms with Crippen LogP contribution in [0.5, 0.6) is 11.5 Å². The predicted octanol–water partition coefficient (Wildman–Crippen LogP) is 3.94. The average Bonchev–Trinajstić information content (AvgIpc) is 2.32. The molecular weight excluding hydrogens is 259 g/mol. The molecule has 0 unspecified atom stereocenters. The van der Waals surface area contributed by atoms with E-state index in [2.05, 4.69) is 0 Å². The summed E-state index contributed by atoms with van der Waals surface area (Å²) in [6.45, 7) is 6.80. The molecule has 0 amide bonds. The van der Waals surface area contributed by atoms with Gasteiger partial charge in [0, 0.05) is 11.5 Å². The van der Waals surface area contributed by atoms with Gasteiger partial charge in [0.25, 0.3) is 0 Å². The Bertz CT molecular complexity index is 684. The van der Waals surface area contributed by atoms with Crippen molar-refractivity contribution >= 4 is 16.7 Å². The van der Waals surface area contributed by atoms with E-state index in [1.807, 2.05) is 0 Å². The van der Waals surface area contributed by atoms with E-state index < -0.39 is 11.4 Å². The molecule has 0 aromatic heterocycles. The van der Waals surface area contributed by atoms with Crippen molar-refractivity contribution in [3.05, 3.63) is 35.6 Å².